The Hall–Kier alpha value is -3.47. The minimum Gasteiger partial charge on any atom is -0.418 e. The fourth-order valence-corrected chi connectivity index (χ4v) is 4.06. The van der Waals surface area contributed by atoms with Crippen LogP contribution in [0.25, 0.3) is 11.5 Å². The third kappa shape index (κ3) is 3.71. The Morgan fingerprint density at radius 2 is 1.63 bits per heavy atom. The van der Waals surface area contributed by atoms with Gasteiger partial charge in [0.25, 0.3) is 0 Å². The van der Waals surface area contributed by atoms with E-state index in [4.69, 9.17) is 4.42 Å². The van der Waals surface area contributed by atoms with Gasteiger partial charge >= 0.3 is 0 Å². The van der Waals surface area contributed by atoms with E-state index in [1.807, 2.05) is 30.3 Å². The van der Waals surface area contributed by atoms with Gasteiger partial charge < -0.3 is 9.73 Å². The van der Waals surface area contributed by atoms with E-state index in [2.05, 4.69) is 33.7 Å². The number of benzene rings is 3. The van der Waals surface area contributed by atoms with E-state index in [0.29, 0.717) is 11.8 Å². The normalized spacial score (nSPS) is 14.2. The van der Waals surface area contributed by atoms with Crippen molar-refractivity contribution in [2.45, 2.75) is 31.7 Å². The lowest BCUT2D eigenvalue weighted by molar-refractivity contribution is 0.493. The second-order valence-electron chi connectivity index (χ2n) is 7.59. The topological polar surface area (TPSA) is 51.0 Å². The Kier molecular flexibility index (Phi) is 5.01. The van der Waals surface area contributed by atoms with Gasteiger partial charge in [-0.1, -0.05) is 42.5 Å². The molecule has 1 aliphatic rings. The number of anilines is 1. The lowest BCUT2D eigenvalue weighted by atomic mass is 9.90. The van der Waals surface area contributed by atoms with Crippen molar-refractivity contribution in [1.29, 1.82) is 0 Å². The predicted octanol–water partition coefficient (Wildman–Crippen LogP) is 5.96. The fourth-order valence-electron chi connectivity index (χ4n) is 4.06. The smallest absolute Gasteiger partial charge is 0.247 e. The van der Waals surface area contributed by atoms with Gasteiger partial charge in [-0.2, -0.15) is 0 Å². The Morgan fingerprint density at radius 1 is 0.833 bits per heavy atom. The molecule has 0 saturated heterocycles. The molecular formula is C25H22FN3O. The second kappa shape index (κ2) is 8.11. The summed E-state index contributed by atoms with van der Waals surface area (Å²) in [6.07, 6.45) is 4.56. The summed E-state index contributed by atoms with van der Waals surface area (Å²) in [5, 5.41) is 12.2. The van der Waals surface area contributed by atoms with Gasteiger partial charge in [0.2, 0.25) is 11.8 Å². The van der Waals surface area contributed by atoms with Gasteiger partial charge in [-0.25, -0.2) is 4.39 Å². The van der Waals surface area contributed by atoms with E-state index in [1.165, 1.54) is 36.1 Å². The first-order valence-corrected chi connectivity index (χ1v) is 10.3. The molecule has 150 valence electrons. The van der Waals surface area contributed by atoms with Crippen molar-refractivity contribution in [3.8, 4) is 11.5 Å². The van der Waals surface area contributed by atoms with E-state index in [9.17, 15) is 4.39 Å². The standard InChI is InChI=1S/C25H22FN3O/c26-20-15-13-18(14-16-20)23(25-29-28-24(30-25)19-8-2-1-3-9-19)27-22-12-6-10-17-7-4-5-11-21(17)22/h1-3,6,8-10,12-16,23,27H,4-5,7,11H2. The third-order valence-electron chi connectivity index (χ3n) is 5.61. The minimum atomic E-state index is -0.371. The highest BCUT2D eigenvalue weighted by Gasteiger charge is 2.23. The van der Waals surface area contributed by atoms with E-state index >= 15 is 0 Å². The summed E-state index contributed by atoms with van der Waals surface area (Å²) in [5.74, 6) is 0.647. The van der Waals surface area contributed by atoms with Gasteiger partial charge in [0.1, 0.15) is 11.9 Å². The van der Waals surface area contributed by atoms with Crippen LogP contribution in [0.3, 0.4) is 0 Å². The van der Waals surface area contributed by atoms with Crippen LogP contribution in [0.2, 0.25) is 0 Å². The summed E-state index contributed by atoms with van der Waals surface area (Å²) in [6.45, 7) is 0. The zero-order chi connectivity index (χ0) is 20.3. The lowest BCUT2D eigenvalue weighted by Gasteiger charge is -2.23. The summed E-state index contributed by atoms with van der Waals surface area (Å²) >= 11 is 0. The molecule has 1 N–H and O–H groups in total. The van der Waals surface area contributed by atoms with Crippen LogP contribution in [0.4, 0.5) is 10.1 Å². The van der Waals surface area contributed by atoms with Crippen molar-refractivity contribution in [1.82, 2.24) is 10.2 Å². The number of hydrogen-bond donors (Lipinski definition) is 1. The Balaban J connectivity index is 1.54. The number of halogens is 1. The molecule has 30 heavy (non-hydrogen) atoms. The molecule has 1 aliphatic carbocycles. The lowest BCUT2D eigenvalue weighted by Crippen LogP contribution is -2.16. The molecule has 5 rings (SSSR count). The molecule has 0 spiro atoms. The molecule has 0 fully saturated rings. The van der Waals surface area contributed by atoms with Crippen LogP contribution in [0, 0.1) is 5.82 Å². The van der Waals surface area contributed by atoms with Gasteiger partial charge in [-0.15, -0.1) is 10.2 Å². The zero-order valence-corrected chi connectivity index (χ0v) is 16.5. The summed E-state index contributed by atoms with van der Waals surface area (Å²) in [7, 11) is 0. The van der Waals surface area contributed by atoms with E-state index in [0.717, 1.165) is 29.7 Å². The quantitative estimate of drug-likeness (QED) is 0.450. The van der Waals surface area contributed by atoms with Gasteiger partial charge in [0.15, 0.2) is 0 Å². The van der Waals surface area contributed by atoms with Crippen molar-refractivity contribution in [3.05, 3.63) is 101 Å². The van der Waals surface area contributed by atoms with E-state index in [1.54, 1.807) is 12.1 Å². The highest BCUT2D eigenvalue weighted by molar-refractivity contribution is 5.58. The van der Waals surface area contributed by atoms with Crippen LogP contribution in [0.1, 0.15) is 41.5 Å². The zero-order valence-electron chi connectivity index (χ0n) is 16.5. The fraction of sp³-hybridized carbons (Fsp3) is 0.200. The van der Waals surface area contributed by atoms with Crippen LogP contribution in [-0.4, -0.2) is 10.2 Å². The van der Waals surface area contributed by atoms with E-state index in [-0.39, 0.29) is 11.9 Å². The molecule has 4 nitrogen and oxygen atoms in total. The SMILES string of the molecule is Fc1ccc(C(Nc2cccc3c2CCCC3)c2nnc(-c3ccccc3)o2)cc1. The number of nitrogens with one attached hydrogen (secondary N) is 1. The minimum absolute atomic E-state index is 0.273. The molecule has 0 saturated carbocycles. The molecule has 3 aromatic carbocycles. The second-order valence-corrected chi connectivity index (χ2v) is 7.59. The molecule has 1 heterocycles. The van der Waals surface area contributed by atoms with Gasteiger partial charge in [-0.3, -0.25) is 0 Å². The molecule has 1 unspecified atom stereocenters. The van der Waals surface area contributed by atoms with Gasteiger partial charge in [0, 0.05) is 11.3 Å². The van der Waals surface area contributed by atoms with Crippen LogP contribution >= 0.6 is 0 Å². The molecule has 4 aromatic rings. The Bertz CT molecular complexity index is 1140. The van der Waals surface area contributed by atoms with Crippen molar-refractivity contribution < 1.29 is 8.81 Å². The highest BCUT2D eigenvalue weighted by Crippen LogP contribution is 2.33. The number of aryl methyl sites for hydroxylation is 1. The van der Waals surface area contributed by atoms with Gasteiger partial charge in [0.05, 0.1) is 0 Å². The van der Waals surface area contributed by atoms with Crippen molar-refractivity contribution in [3.63, 3.8) is 0 Å². The Morgan fingerprint density at radius 3 is 2.47 bits per heavy atom. The summed E-state index contributed by atoms with van der Waals surface area (Å²) in [5.41, 5.74) is 5.54. The number of rotatable bonds is 5. The van der Waals surface area contributed by atoms with Crippen LogP contribution in [-0.2, 0) is 12.8 Å². The third-order valence-corrected chi connectivity index (χ3v) is 5.61. The maximum Gasteiger partial charge on any atom is 0.247 e. The molecule has 1 aromatic heterocycles. The maximum absolute atomic E-state index is 13.6. The van der Waals surface area contributed by atoms with Crippen LogP contribution < -0.4 is 5.32 Å². The van der Waals surface area contributed by atoms with Gasteiger partial charge in [-0.05, 0) is 72.7 Å². The molecule has 0 amide bonds. The molecule has 0 bridgehead atoms. The average molecular weight is 399 g/mol. The molecule has 1 atom stereocenters. The van der Waals surface area contributed by atoms with Crippen molar-refractivity contribution >= 4 is 5.69 Å². The number of nitrogens with zero attached hydrogens (tertiary/aromatic N) is 2. The Labute approximate surface area is 174 Å². The van der Waals surface area contributed by atoms with Crippen LogP contribution in [0.15, 0.2) is 77.2 Å². The van der Waals surface area contributed by atoms with Crippen molar-refractivity contribution in [2.75, 3.05) is 5.32 Å². The molecule has 0 radical (unpaired) electrons. The van der Waals surface area contributed by atoms with Crippen molar-refractivity contribution in [2.24, 2.45) is 0 Å². The molecule has 0 aliphatic heterocycles. The molecule has 5 heteroatoms. The number of fused-ring (bicyclic) bond motifs is 1. The highest BCUT2D eigenvalue weighted by atomic mass is 19.1. The largest absolute Gasteiger partial charge is 0.418 e. The first-order valence-electron chi connectivity index (χ1n) is 10.3. The monoisotopic (exact) mass is 399 g/mol. The summed E-state index contributed by atoms with van der Waals surface area (Å²) in [6, 6.07) is 22.1. The first kappa shape index (κ1) is 18.6. The average Bonchev–Trinajstić information content (AvgIpc) is 3.29. The number of aromatic nitrogens is 2. The number of hydrogen-bond acceptors (Lipinski definition) is 4. The maximum atomic E-state index is 13.6. The first-order chi connectivity index (χ1) is 14.8. The predicted molar refractivity (Wildman–Crippen MR) is 115 cm³/mol. The van der Waals surface area contributed by atoms with Crippen LogP contribution in [0.5, 0.6) is 0 Å². The molecular weight excluding hydrogens is 377 g/mol. The summed E-state index contributed by atoms with van der Waals surface area (Å²) < 4.78 is 19.6. The van der Waals surface area contributed by atoms with E-state index < -0.39 is 0 Å². The summed E-state index contributed by atoms with van der Waals surface area (Å²) in [4.78, 5) is 0.